The van der Waals surface area contributed by atoms with Crippen LogP contribution < -0.4 is 4.74 Å². The highest BCUT2D eigenvalue weighted by atomic mass is 16.5. The van der Waals surface area contributed by atoms with Gasteiger partial charge in [-0.15, -0.1) is 0 Å². The Balaban J connectivity index is 1.95. The van der Waals surface area contributed by atoms with Crippen molar-refractivity contribution in [2.45, 2.75) is 6.61 Å². The fourth-order valence-electron chi connectivity index (χ4n) is 2.29. The predicted octanol–water partition coefficient (Wildman–Crippen LogP) is 4.16. The van der Waals surface area contributed by atoms with Crippen molar-refractivity contribution in [1.29, 1.82) is 10.5 Å². The van der Waals surface area contributed by atoms with Gasteiger partial charge in [0, 0.05) is 0 Å². The van der Waals surface area contributed by atoms with Crippen LogP contribution in [0.5, 0.6) is 5.75 Å². The zero-order chi connectivity index (χ0) is 15.4. The molecule has 22 heavy (non-hydrogen) atoms. The van der Waals surface area contributed by atoms with Gasteiger partial charge in [0.05, 0.1) is 17.2 Å². The van der Waals surface area contributed by atoms with Gasteiger partial charge < -0.3 is 4.74 Å². The quantitative estimate of drug-likeness (QED) is 0.725. The molecule has 0 saturated carbocycles. The van der Waals surface area contributed by atoms with Gasteiger partial charge in [-0.3, -0.25) is 0 Å². The Morgan fingerprint density at radius 2 is 1.64 bits per heavy atom. The first-order valence-electron chi connectivity index (χ1n) is 6.85. The fraction of sp³-hybridized carbons (Fsp3) is 0.0526. The van der Waals surface area contributed by atoms with Crippen LogP contribution in [0.3, 0.4) is 0 Å². The van der Waals surface area contributed by atoms with Crippen LogP contribution >= 0.6 is 0 Å². The van der Waals surface area contributed by atoms with E-state index >= 15 is 0 Å². The van der Waals surface area contributed by atoms with Crippen LogP contribution in [-0.4, -0.2) is 0 Å². The molecule has 3 aromatic rings. The van der Waals surface area contributed by atoms with Crippen molar-refractivity contribution in [3.05, 3.63) is 77.4 Å². The number of benzene rings is 3. The summed E-state index contributed by atoms with van der Waals surface area (Å²) < 4.78 is 5.79. The Bertz CT molecular complexity index is 902. The van der Waals surface area contributed by atoms with Gasteiger partial charge in [0.2, 0.25) is 0 Å². The predicted molar refractivity (Wildman–Crippen MR) is 84.2 cm³/mol. The second kappa shape index (κ2) is 5.99. The molecule has 3 nitrogen and oxygen atoms in total. The van der Waals surface area contributed by atoms with Gasteiger partial charge in [0.15, 0.2) is 0 Å². The lowest BCUT2D eigenvalue weighted by Gasteiger charge is -2.09. The number of fused-ring (bicyclic) bond motifs is 1. The van der Waals surface area contributed by atoms with E-state index in [1.54, 1.807) is 18.2 Å². The minimum Gasteiger partial charge on any atom is -0.487 e. The number of ether oxygens (including phenoxy) is 1. The van der Waals surface area contributed by atoms with Crippen LogP contribution in [0.15, 0.2) is 60.7 Å². The van der Waals surface area contributed by atoms with Crippen LogP contribution in [0.4, 0.5) is 0 Å². The maximum Gasteiger partial charge on any atom is 0.138 e. The van der Waals surface area contributed by atoms with E-state index < -0.39 is 0 Å². The van der Waals surface area contributed by atoms with E-state index in [4.69, 9.17) is 10.00 Å². The van der Waals surface area contributed by atoms with Crippen molar-refractivity contribution in [3.8, 4) is 17.9 Å². The monoisotopic (exact) mass is 284 g/mol. The smallest absolute Gasteiger partial charge is 0.138 e. The third-order valence-corrected chi connectivity index (χ3v) is 3.43. The summed E-state index contributed by atoms with van der Waals surface area (Å²) in [4.78, 5) is 0. The molecule has 0 bridgehead atoms. The minimum absolute atomic E-state index is 0.414. The highest BCUT2D eigenvalue weighted by Crippen LogP contribution is 2.27. The van der Waals surface area contributed by atoms with E-state index in [2.05, 4.69) is 12.1 Å². The normalized spacial score (nSPS) is 9.91. The van der Waals surface area contributed by atoms with Crippen molar-refractivity contribution in [3.63, 3.8) is 0 Å². The number of nitrogens with zero attached hydrogens (tertiary/aromatic N) is 2. The van der Waals surface area contributed by atoms with E-state index in [0.29, 0.717) is 23.5 Å². The number of hydrogen-bond donors (Lipinski definition) is 0. The molecule has 0 saturated heterocycles. The van der Waals surface area contributed by atoms with Gasteiger partial charge >= 0.3 is 0 Å². The number of nitriles is 2. The Hall–Kier alpha value is -3.30. The summed E-state index contributed by atoms with van der Waals surface area (Å²) >= 11 is 0. The molecule has 0 spiro atoms. The summed E-state index contributed by atoms with van der Waals surface area (Å²) in [5, 5.41) is 20.1. The van der Waals surface area contributed by atoms with Crippen LogP contribution in [0.2, 0.25) is 0 Å². The molecule has 0 aliphatic rings. The zero-order valence-corrected chi connectivity index (χ0v) is 11.8. The molecule has 3 heteroatoms. The van der Waals surface area contributed by atoms with Gasteiger partial charge in [0.25, 0.3) is 0 Å². The van der Waals surface area contributed by atoms with E-state index in [9.17, 15) is 5.26 Å². The second-order valence-corrected chi connectivity index (χ2v) is 4.91. The maximum absolute atomic E-state index is 9.31. The standard InChI is InChI=1S/C19H12N2O/c20-11-15-6-7-16-10-19(18(12-21)9-17(16)8-15)22-13-14-4-2-1-3-5-14/h1-10H,13H2. The van der Waals surface area contributed by atoms with Crippen LogP contribution in [-0.2, 0) is 6.61 Å². The topological polar surface area (TPSA) is 56.8 Å². The van der Waals surface area contributed by atoms with E-state index in [-0.39, 0.29) is 0 Å². The molecule has 0 aromatic heterocycles. The van der Waals surface area contributed by atoms with Crippen molar-refractivity contribution >= 4 is 10.8 Å². The average Bonchev–Trinajstić information content (AvgIpc) is 2.59. The molecule has 0 fully saturated rings. The summed E-state index contributed by atoms with van der Waals surface area (Å²) in [7, 11) is 0. The van der Waals surface area contributed by atoms with Crippen LogP contribution in [0, 0.1) is 22.7 Å². The first kappa shape index (κ1) is 13.7. The lowest BCUT2D eigenvalue weighted by Crippen LogP contribution is -1.97. The Labute approximate surface area is 128 Å². The molecule has 0 aliphatic carbocycles. The van der Waals surface area contributed by atoms with E-state index in [1.165, 1.54) is 0 Å². The summed E-state index contributed by atoms with van der Waals surface area (Å²) in [5.41, 5.74) is 2.10. The highest BCUT2D eigenvalue weighted by molar-refractivity contribution is 5.87. The largest absolute Gasteiger partial charge is 0.487 e. The molecule has 0 radical (unpaired) electrons. The van der Waals surface area contributed by atoms with E-state index in [1.807, 2.05) is 42.5 Å². The molecule has 3 aromatic carbocycles. The van der Waals surface area contributed by atoms with Gasteiger partial charge in [-0.25, -0.2) is 0 Å². The SMILES string of the molecule is N#Cc1ccc2cc(OCc3ccccc3)c(C#N)cc2c1. The summed E-state index contributed by atoms with van der Waals surface area (Å²) in [5.74, 6) is 0.559. The molecular formula is C19H12N2O. The first-order valence-corrected chi connectivity index (χ1v) is 6.85. The third-order valence-electron chi connectivity index (χ3n) is 3.43. The van der Waals surface area contributed by atoms with Gasteiger partial charge in [-0.05, 0) is 40.6 Å². The molecule has 0 unspecified atom stereocenters. The molecule has 0 aliphatic heterocycles. The van der Waals surface area contributed by atoms with Crippen molar-refractivity contribution in [1.82, 2.24) is 0 Å². The van der Waals surface area contributed by atoms with Crippen molar-refractivity contribution in [2.24, 2.45) is 0 Å². The van der Waals surface area contributed by atoms with Gasteiger partial charge in [-0.2, -0.15) is 10.5 Å². The molecule has 0 amide bonds. The highest BCUT2D eigenvalue weighted by Gasteiger charge is 2.07. The number of hydrogen-bond acceptors (Lipinski definition) is 3. The summed E-state index contributed by atoms with van der Waals surface area (Å²) in [6, 6.07) is 23.1. The van der Waals surface area contributed by atoms with Crippen molar-refractivity contribution in [2.75, 3.05) is 0 Å². The van der Waals surface area contributed by atoms with Crippen LogP contribution in [0.1, 0.15) is 16.7 Å². The average molecular weight is 284 g/mol. The zero-order valence-electron chi connectivity index (χ0n) is 11.8. The second-order valence-electron chi connectivity index (χ2n) is 4.91. The first-order chi connectivity index (χ1) is 10.8. The van der Waals surface area contributed by atoms with Gasteiger partial charge in [-0.1, -0.05) is 36.4 Å². The summed E-state index contributed by atoms with van der Waals surface area (Å²) in [6.07, 6.45) is 0. The van der Waals surface area contributed by atoms with Gasteiger partial charge in [0.1, 0.15) is 18.4 Å². The molecule has 104 valence electrons. The molecule has 0 atom stereocenters. The van der Waals surface area contributed by atoms with Crippen molar-refractivity contribution < 1.29 is 4.74 Å². The Kier molecular flexibility index (Phi) is 3.72. The Morgan fingerprint density at radius 3 is 2.36 bits per heavy atom. The summed E-state index contributed by atoms with van der Waals surface area (Å²) in [6.45, 7) is 0.414. The Morgan fingerprint density at radius 1 is 0.818 bits per heavy atom. The number of rotatable bonds is 3. The van der Waals surface area contributed by atoms with Crippen LogP contribution in [0.25, 0.3) is 10.8 Å². The lowest BCUT2D eigenvalue weighted by atomic mass is 10.0. The fourth-order valence-corrected chi connectivity index (χ4v) is 2.29. The molecule has 3 rings (SSSR count). The molecular weight excluding hydrogens is 272 g/mol. The molecule has 0 N–H and O–H groups in total. The minimum atomic E-state index is 0.414. The molecule has 0 heterocycles. The lowest BCUT2D eigenvalue weighted by molar-refractivity contribution is 0.306. The third kappa shape index (κ3) is 2.75. The maximum atomic E-state index is 9.31. The van der Waals surface area contributed by atoms with E-state index in [0.717, 1.165) is 16.3 Å².